The predicted molar refractivity (Wildman–Crippen MR) is 106 cm³/mol. The maximum absolute atomic E-state index is 13.2. The Balaban J connectivity index is 1.83. The third-order valence-corrected chi connectivity index (χ3v) is 10.00. The highest BCUT2D eigenvalue weighted by molar-refractivity contribution is 7.96. The number of methoxy groups -OCH3 is 1. The fourth-order valence-corrected chi connectivity index (χ4v) is 8.99. The van der Waals surface area contributed by atoms with Gasteiger partial charge in [-0.3, -0.25) is 9.69 Å². The van der Waals surface area contributed by atoms with Crippen LogP contribution in [0.5, 0.6) is 0 Å². The van der Waals surface area contributed by atoms with Crippen molar-refractivity contribution in [3.05, 3.63) is 29.8 Å². The van der Waals surface area contributed by atoms with Gasteiger partial charge in [0.05, 0.1) is 34.7 Å². The lowest BCUT2D eigenvalue weighted by atomic mass is 9.95. The molecule has 2 aliphatic rings. The van der Waals surface area contributed by atoms with Gasteiger partial charge in [-0.1, -0.05) is 19.1 Å². The average molecular weight is 430 g/mol. The van der Waals surface area contributed by atoms with E-state index in [1.54, 1.807) is 24.3 Å². The van der Waals surface area contributed by atoms with Gasteiger partial charge in [0.25, 0.3) is 0 Å². The van der Waals surface area contributed by atoms with Crippen molar-refractivity contribution < 1.29 is 26.4 Å². The molecule has 2 saturated heterocycles. The van der Waals surface area contributed by atoms with Crippen molar-refractivity contribution in [2.45, 2.75) is 42.4 Å². The van der Waals surface area contributed by atoms with Crippen LogP contribution >= 0.6 is 0 Å². The number of carbonyl (C=O) groups is 1. The van der Waals surface area contributed by atoms with Gasteiger partial charge < -0.3 is 4.74 Å². The van der Waals surface area contributed by atoms with E-state index in [1.165, 1.54) is 7.11 Å². The fourth-order valence-electron chi connectivity index (χ4n) is 4.16. The van der Waals surface area contributed by atoms with Gasteiger partial charge >= 0.3 is 5.97 Å². The standard InChI is InChI=1S/C19H27NO6S2/c1-3-14-4-6-16(7-5-14)28(24,25)18-13-27(22,23)12-17(18)20-10-8-15(9-11-20)19(21)26-2/h4-7,15,17-18H,3,8-13H2,1-2H3/t17-,18-/m0/s1. The highest BCUT2D eigenvalue weighted by atomic mass is 32.2. The topological polar surface area (TPSA) is 97.8 Å². The van der Waals surface area contributed by atoms with Crippen molar-refractivity contribution in [1.82, 2.24) is 4.90 Å². The van der Waals surface area contributed by atoms with E-state index in [-0.39, 0.29) is 28.3 Å². The summed E-state index contributed by atoms with van der Waals surface area (Å²) < 4.78 is 55.9. The summed E-state index contributed by atoms with van der Waals surface area (Å²) in [7, 11) is -5.87. The van der Waals surface area contributed by atoms with Crippen molar-refractivity contribution in [2.75, 3.05) is 31.7 Å². The van der Waals surface area contributed by atoms with E-state index < -0.39 is 31.0 Å². The maximum Gasteiger partial charge on any atom is 0.308 e. The molecule has 0 aliphatic carbocycles. The van der Waals surface area contributed by atoms with Gasteiger partial charge in [-0.25, -0.2) is 16.8 Å². The van der Waals surface area contributed by atoms with Crippen molar-refractivity contribution in [3.8, 4) is 0 Å². The molecule has 2 fully saturated rings. The SMILES string of the molecule is CCc1ccc(S(=O)(=O)[C@H]2CS(=O)(=O)C[C@@H]2N2CCC(C(=O)OC)CC2)cc1. The van der Waals surface area contributed by atoms with Crippen LogP contribution in [0.15, 0.2) is 29.2 Å². The van der Waals surface area contributed by atoms with Gasteiger partial charge in [0.15, 0.2) is 19.7 Å². The number of rotatable bonds is 5. The Morgan fingerprint density at radius 1 is 1.14 bits per heavy atom. The molecular formula is C19H27NO6S2. The first-order valence-corrected chi connectivity index (χ1v) is 12.9. The minimum Gasteiger partial charge on any atom is -0.469 e. The minimum absolute atomic E-state index is 0.160. The molecule has 9 heteroatoms. The largest absolute Gasteiger partial charge is 0.469 e. The van der Waals surface area contributed by atoms with Crippen LogP contribution in [0.2, 0.25) is 0 Å². The second-order valence-corrected chi connectivity index (χ2v) is 11.9. The number of nitrogens with zero attached hydrogens (tertiary/aromatic N) is 1. The summed E-state index contributed by atoms with van der Waals surface area (Å²) in [6.07, 6.45) is 1.89. The molecule has 0 amide bonds. The summed E-state index contributed by atoms with van der Waals surface area (Å²) in [5.41, 5.74) is 1.03. The van der Waals surface area contributed by atoms with Crippen LogP contribution in [0.3, 0.4) is 0 Å². The van der Waals surface area contributed by atoms with E-state index in [1.807, 2.05) is 11.8 Å². The molecule has 0 N–H and O–H groups in total. The number of hydrogen-bond acceptors (Lipinski definition) is 7. The second-order valence-electron chi connectivity index (χ2n) is 7.56. The monoisotopic (exact) mass is 429 g/mol. The first kappa shape index (κ1) is 21.3. The second kappa shape index (κ2) is 8.12. The Hall–Kier alpha value is -1.45. The predicted octanol–water partition coefficient (Wildman–Crippen LogP) is 1.07. The fraction of sp³-hybridized carbons (Fsp3) is 0.632. The Morgan fingerprint density at radius 2 is 1.75 bits per heavy atom. The number of aryl methyl sites for hydroxylation is 1. The van der Waals surface area contributed by atoms with Crippen LogP contribution in [-0.4, -0.2) is 70.7 Å². The molecule has 0 spiro atoms. The summed E-state index contributed by atoms with van der Waals surface area (Å²) in [5.74, 6) is -0.992. The van der Waals surface area contributed by atoms with Crippen LogP contribution in [0.1, 0.15) is 25.3 Å². The van der Waals surface area contributed by atoms with Crippen molar-refractivity contribution >= 4 is 25.6 Å². The molecule has 0 radical (unpaired) electrons. The Morgan fingerprint density at radius 3 is 2.29 bits per heavy atom. The van der Waals surface area contributed by atoms with E-state index in [0.29, 0.717) is 25.9 Å². The summed E-state index contributed by atoms with van der Waals surface area (Å²) >= 11 is 0. The lowest BCUT2D eigenvalue weighted by Gasteiger charge is -2.36. The lowest BCUT2D eigenvalue weighted by molar-refractivity contribution is -0.147. The maximum atomic E-state index is 13.2. The van der Waals surface area contributed by atoms with E-state index in [2.05, 4.69) is 0 Å². The third-order valence-electron chi connectivity index (χ3n) is 5.86. The van der Waals surface area contributed by atoms with Crippen LogP contribution in [0, 0.1) is 5.92 Å². The molecule has 0 saturated carbocycles. The third kappa shape index (κ3) is 4.26. The van der Waals surface area contributed by atoms with Crippen LogP contribution in [0.25, 0.3) is 0 Å². The average Bonchev–Trinajstić information content (AvgIpc) is 3.04. The normalized spacial score (nSPS) is 26.2. The minimum atomic E-state index is -3.78. The molecule has 2 atom stereocenters. The molecule has 2 aliphatic heterocycles. The molecular weight excluding hydrogens is 402 g/mol. The molecule has 3 rings (SSSR count). The first-order chi connectivity index (χ1) is 13.2. The summed E-state index contributed by atoms with van der Waals surface area (Å²) in [4.78, 5) is 13.8. The van der Waals surface area contributed by atoms with Gasteiger partial charge in [-0.15, -0.1) is 0 Å². The number of esters is 1. The molecule has 1 aromatic rings. The van der Waals surface area contributed by atoms with Crippen molar-refractivity contribution in [3.63, 3.8) is 0 Å². The molecule has 28 heavy (non-hydrogen) atoms. The van der Waals surface area contributed by atoms with Gasteiger partial charge in [0.1, 0.15) is 0 Å². The molecule has 1 aromatic carbocycles. The zero-order valence-electron chi connectivity index (χ0n) is 16.2. The van der Waals surface area contributed by atoms with Crippen molar-refractivity contribution in [2.24, 2.45) is 5.92 Å². The van der Waals surface area contributed by atoms with E-state index in [4.69, 9.17) is 4.74 Å². The first-order valence-electron chi connectivity index (χ1n) is 9.53. The molecule has 7 nitrogen and oxygen atoms in total. The zero-order chi connectivity index (χ0) is 20.5. The van der Waals surface area contributed by atoms with Gasteiger partial charge in [0, 0.05) is 6.04 Å². The smallest absolute Gasteiger partial charge is 0.308 e. The molecule has 0 aromatic heterocycles. The summed E-state index contributed by atoms with van der Waals surface area (Å²) in [5, 5.41) is -0.986. The highest BCUT2D eigenvalue weighted by Crippen LogP contribution is 2.32. The van der Waals surface area contributed by atoms with Crippen LogP contribution in [0.4, 0.5) is 0 Å². The van der Waals surface area contributed by atoms with E-state index in [0.717, 1.165) is 12.0 Å². The Labute approximate surface area is 166 Å². The molecule has 0 unspecified atom stereocenters. The highest BCUT2D eigenvalue weighted by Gasteiger charge is 2.48. The number of sulfone groups is 2. The number of likely N-dealkylation sites (tertiary alicyclic amines) is 1. The molecule has 0 bridgehead atoms. The zero-order valence-corrected chi connectivity index (χ0v) is 17.8. The number of benzene rings is 1. The number of carbonyl (C=O) groups excluding carboxylic acids is 1. The number of hydrogen-bond donors (Lipinski definition) is 0. The Bertz CT molecular complexity index is 916. The van der Waals surface area contributed by atoms with Crippen molar-refractivity contribution in [1.29, 1.82) is 0 Å². The van der Waals surface area contributed by atoms with Crippen LogP contribution < -0.4 is 0 Å². The Kier molecular flexibility index (Phi) is 6.17. The van der Waals surface area contributed by atoms with E-state index in [9.17, 15) is 21.6 Å². The molecule has 156 valence electrons. The van der Waals surface area contributed by atoms with Gasteiger partial charge in [-0.2, -0.15) is 0 Å². The van der Waals surface area contributed by atoms with Gasteiger partial charge in [-0.05, 0) is 50.0 Å². The van der Waals surface area contributed by atoms with Crippen LogP contribution in [-0.2, 0) is 35.6 Å². The number of ether oxygens (including phenoxy) is 1. The molecule has 2 heterocycles. The van der Waals surface area contributed by atoms with Gasteiger partial charge in [0.2, 0.25) is 0 Å². The lowest BCUT2D eigenvalue weighted by Crippen LogP contribution is -2.50. The van der Waals surface area contributed by atoms with E-state index >= 15 is 0 Å². The summed E-state index contributed by atoms with van der Waals surface area (Å²) in [6, 6.07) is 6.10. The number of piperidine rings is 1. The summed E-state index contributed by atoms with van der Waals surface area (Å²) in [6.45, 7) is 2.96. The quantitative estimate of drug-likeness (QED) is 0.646.